The number of halogens is 4. The minimum absolute atomic E-state index is 0.276. The molecule has 34 heavy (non-hydrogen) atoms. The first-order chi connectivity index (χ1) is 16.3. The minimum Gasteiger partial charge on any atom is -0.259 e. The van der Waals surface area contributed by atoms with Crippen molar-refractivity contribution in [2.45, 2.75) is 37.4 Å². The van der Waals surface area contributed by atoms with Crippen LogP contribution in [0.1, 0.15) is 24.0 Å². The molecule has 2 heterocycles. The molecule has 1 saturated carbocycles. The SMILES string of the molecule is FC(F)(F)CN1CC2(NS1)C1CCC2Cc2cc(-c3n[nH]c(-c4ccc(Cl)cc4)n3)ccc2C1. The van der Waals surface area contributed by atoms with Crippen LogP contribution in [0.5, 0.6) is 0 Å². The Morgan fingerprint density at radius 2 is 1.74 bits per heavy atom. The molecule has 0 radical (unpaired) electrons. The number of aromatic nitrogens is 3. The lowest BCUT2D eigenvalue weighted by Gasteiger charge is -2.34. The van der Waals surface area contributed by atoms with Crippen LogP contribution >= 0.6 is 23.7 Å². The van der Waals surface area contributed by atoms with Gasteiger partial charge in [0.15, 0.2) is 11.6 Å². The zero-order valence-electron chi connectivity index (χ0n) is 18.2. The second-order valence-electron chi connectivity index (χ2n) is 9.52. The molecule has 2 aromatic carbocycles. The van der Waals surface area contributed by atoms with E-state index in [0.717, 1.165) is 48.9 Å². The van der Waals surface area contributed by atoms with Crippen LogP contribution in [-0.4, -0.2) is 44.3 Å². The number of alkyl halides is 3. The largest absolute Gasteiger partial charge is 0.402 e. The molecule has 2 bridgehead atoms. The van der Waals surface area contributed by atoms with Gasteiger partial charge in [-0.3, -0.25) is 5.10 Å². The summed E-state index contributed by atoms with van der Waals surface area (Å²) in [5.41, 5.74) is 4.11. The van der Waals surface area contributed by atoms with Crippen molar-refractivity contribution < 1.29 is 13.2 Å². The van der Waals surface area contributed by atoms with Crippen molar-refractivity contribution >= 4 is 23.7 Å². The Labute approximate surface area is 204 Å². The molecule has 1 spiro atoms. The average Bonchev–Trinajstić information content (AvgIpc) is 3.47. The smallest absolute Gasteiger partial charge is 0.259 e. The third kappa shape index (κ3) is 4.02. The zero-order chi connectivity index (χ0) is 23.5. The van der Waals surface area contributed by atoms with Gasteiger partial charge in [0, 0.05) is 40.4 Å². The molecule has 0 amide bonds. The maximum Gasteiger partial charge on any atom is 0.402 e. The Morgan fingerprint density at radius 3 is 2.47 bits per heavy atom. The van der Waals surface area contributed by atoms with E-state index in [-0.39, 0.29) is 5.54 Å². The van der Waals surface area contributed by atoms with Gasteiger partial charge in [-0.25, -0.2) is 14.0 Å². The van der Waals surface area contributed by atoms with E-state index >= 15 is 0 Å². The van der Waals surface area contributed by atoms with E-state index in [1.165, 1.54) is 15.4 Å². The lowest BCUT2D eigenvalue weighted by molar-refractivity contribution is -0.135. The fraction of sp³-hybridized carbons (Fsp3) is 0.417. The third-order valence-electron chi connectivity index (χ3n) is 7.48. The first-order valence-electron chi connectivity index (χ1n) is 11.4. The van der Waals surface area contributed by atoms with Crippen molar-refractivity contribution in [1.82, 2.24) is 24.2 Å². The van der Waals surface area contributed by atoms with Crippen molar-refractivity contribution in [2.75, 3.05) is 13.1 Å². The molecule has 3 atom stereocenters. The van der Waals surface area contributed by atoms with Crippen LogP contribution in [0.2, 0.25) is 5.02 Å². The number of hydrogen-bond donors (Lipinski definition) is 2. The molecular formula is C24H23ClF3N5S. The molecule has 1 saturated heterocycles. The van der Waals surface area contributed by atoms with E-state index in [9.17, 15) is 13.2 Å². The second-order valence-corrected chi connectivity index (χ2v) is 10.9. The Morgan fingerprint density at radius 1 is 1.03 bits per heavy atom. The second kappa shape index (κ2) is 8.26. The predicted octanol–water partition coefficient (Wildman–Crippen LogP) is 5.69. The number of hydrogen-bond acceptors (Lipinski definition) is 5. The van der Waals surface area contributed by atoms with E-state index in [0.29, 0.717) is 35.1 Å². The van der Waals surface area contributed by atoms with E-state index in [4.69, 9.17) is 11.6 Å². The molecular weight excluding hydrogens is 483 g/mol. The molecule has 1 aliphatic heterocycles. The highest BCUT2D eigenvalue weighted by Crippen LogP contribution is 2.51. The highest BCUT2D eigenvalue weighted by Gasteiger charge is 2.56. The van der Waals surface area contributed by atoms with Crippen molar-refractivity contribution in [2.24, 2.45) is 11.8 Å². The van der Waals surface area contributed by atoms with Gasteiger partial charge >= 0.3 is 6.18 Å². The standard InChI is InChI=1S/C24H23ClF3N5S/c25-20-7-3-14(4-8-20)21-29-22(31-30-21)16-2-1-15-10-18-5-6-19(11-17(15)9-16)23(18)12-33(34-32-23)13-24(26,27)28/h1-4,7-9,18-19,32H,5-6,10-13H2,(H,29,30,31). The molecule has 2 N–H and O–H groups in total. The zero-order valence-corrected chi connectivity index (χ0v) is 19.8. The van der Waals surface area contributed by atoms with Gasteiger partial charge in [0.2, 0.25) is 0 Å². The summed E-state index contributed by atoms with van der Waals surface area (Å²) in [7, 11) is 0. The molecule has 2 aliphatic carbocycles. The number of nitrogens with zero attached hydrogens (tertiary/aromatic N) is 3. The molecule has 5 nitrogen and oxygen atoms in total. The normalized spacial score (nSPS) is 26.7. The molecule has 2 fully saturated rings. The van der Waals surface area contributed by atoms with Gasteiger partial charge in [-0.2, -0.15) is 18.3 Å². The molecule has 10 heteroatoms. The fourth-order valence-corrected chi connectivity index (χ4v) is 7.16. The van der Waals surface area contributed by atoms with Crippen molar-refractivity contribution in [3.05, 3.63) is 58.6 Å². The summed E-state index contributed by atoms with van der Waals surface area (Å²) in [5.74, 6) is 1.94. The topological polar surface area (TPSA) is 56.8 Å². The van der Waals surface area contributed by atoms with Crippen LogP contribution in [0, 0.1) is 11.8 Å². The number of rotatable bonds is 3. The van der Waals surface area contributed by atoms with Crippen LogP contribution in [0.15, 0.2) is 42.5 Å². The number of H-pyrrole nitrogens is 1. The highest BCUT2D eigenvalue weighted by atomic mass is 35.5. The molecule has 178 valence electrons. The number of nitrogens with one attached hydrogen (secondary N) is 2. The number of fused-ring (bicyclic) bond motifs is 1. The number of aromatic amines is 1. The van der Waals surface area contributed by atoms with Crippen LogP contribution in [0.3, 0.4) is 0 Å². The summed E-state index contributed by atoms with van der Waals surface area (Å²) < 4.78 is 43.9. The maximum absolute atomic E-state index is 13.0. The van der Waals surface area contributed by atoms with E-state index in [1.807, 2.05) is 30.3 Å². The van der Waals surface area contributed by atoms with Gasteiger partial charge in [0.1, 0.15) is 6.54 Å². The fourth-order valence-electron chi connectivity index (χ4n) is 5.85. The van der Waals surface area contributed by atoms with E-state index in [1.54, 1.807) is 0 Å². The lowest BCUT2D eigenvalue weighted by atomic mass is 9.79. The van der Waals surface area contributed by atoms with Gasteiger partial charge < -0.3 is 0 Å². The molecule has 3 aromatic rings. The summed E-state index contributed by atoms with van der Waals surface area (Å²) in [6.45, 7) is -0.456. The molecule has 6 rings (SSSR count). The number of benzene rings is 2. The quantitative estimate of drug-likeness (QED) is 0.448. The maximum atomic E-state index is 13.0. The summed E-state index contributed by atoms with van der Waals surface area (Å²) in [6, 6.07) is 13.8. The predicted molar refractivity (Wildman–Crippen MR) is 127 cm³/mol. The Bertz CT molecular complexity index is 1210. The van der Waals surface area contributed by atoms with Crippen LogP contribution in [-0.2, 0) is 12.8 Å². The summed E-state index contributed by atoms with van der Waals surface area (Å²) in [5, 5.41) is 8.10. The third-order valence-corrected chi connectivity index (χ3v) is 8.72. The first kappa shape index (κ1) is 22.4. The monoisotopic (exact) mass is 505 g/mol. The van der Waals surface area contributed by atoms with E-state index in [2.05, 4.69) is 32.0 Å². The van der Waals surface area contributed by atoms with E-state index < -0.39 is 12.7 Å². The summed E-state index contributed by atoms with van der Waals surface area (Å²) in [6.07, 6.45) is -0.387. The van der Waals surface area contributed by atoms with Crippen molar-refractivity contribution in [1.29, 1.82) is 0 Å². The first-order valence-corrected chi connectivity index (χ1v) is 12.5. The van der Waals surface area contributed by atoms with Gasteiger partial charge in [-0.1, -0.05) is 23.7 Å². The van der Waals surface area contributed by atoms with Crippen molar-refractivity contribution in [3.8, 4) is 22.8 Å². The summed E-state index contributed by atoms with van der Waals surface area (Å²) >= 11 is 7.13. The van der Waals surface area contributed by atoms with Gasteiger partial charge in [-0.05, 0) is 79.0 Å². The molecule has 1 aromatic heterocycles. The Kier molecular flexibility index (Phi) is 5.44. The Balaban J connectivity index is 1.25. The highest BCUT2D eigenvalue weighted by molar-refractivity contribution is 7.95. The van der Waals surface area contributed by atoms with Gasteiger partial charge in [0.25, 0.3) is 0 Å². The minimum atomic E-state index is -4.19. The Hall–Kier alpha value is -2.07. The summed E-state index contributed by atoms with van der Waals surface area (Å²) in [4.78, 5) is 4.68. The molecule has 3 aliphatic rings. The average molecular weight is 506 g/mol. The van der Waals surface area contributed by atoms with Crippen LogP contribution in [0.25, 0.3) is 22.8 Å². The molecule has 3 unspecified atom stereocenters. The van der Waals surface area contributed by atoms with Crippen LogP contribution < -0.4 is 4.72 Å². The van der Waals surface area contributed by atoms with Crippen molar-refractivity contribution in [3.63, 3.8) is 0 Å². The van der Waals surface area contributed by atoms with Gasteiger partial charge in [-0.15, -0.1) is 0 Å². The van der Waals surface area contributed by atoms with Gasteiger partial charge in [0.05, 0.1) is 0 Å². The van der Waals surface area contributed by atoms with Crippen LogP contribution in [0.4, 0.5) is 13.2 Å². The lowest BCUT2D eigenvalue weighted by Crippen LogP contribution is -2.51.